The minimum Gasteiger partial charge on any atom is -0.386 e. The van der Waals surface area contributed by atoms with Gasteiger partial charge in [-0.15, -0.1) is 0 Å². The number of halogens is 3. The number of carbonyl (C=O) groups is 1. The van der Waals surface area contributed by atoms with E-state index in [-0.39, 0.29) is 29.6 Å². The van der Waals surface area contributed by atoms with Gasteiger partial charge in [0.05, 0.1) is 23.7 Å². The molecular weight excluding hydrogens is 276 g/mol. The number of rotatable bonds is 2. The standard InChI is InChI=1S/C13H14ClF2NO2/c1-7(2)13(19)5-17(6-13)12(18)8-3-10(15)11(16)4-9(8)14/h3-4,7,19H,5-6H2,1-2H3. The van der Waals surface area contributed by atoms with Gasteiger partial charge in [-0.25, -0.2) is 8.78 Å². The van der Waals surface area contributed by atoms with Gasteiger partial charge in [0, 0.05) is 0 Å². The molecule has 2 rings (SSSR count). The van der Waals surface area contributed by atoms with Crippen LogP contribution in [-0.4, -0.2) is 34.6 Å². The Morgan fingerprint density at radius 1 is 1.37 bits per heavy atom. The molecule has 0 saturated carbocycles. The predicted molar refractivity (Wildman–Crippen MR) is 67.1 cm³/mol. The molecule has 0 atom stereocenters. The third-order valence-electron chi connectivity index (χ3n) is 3.53. The van der Waals surface area contributed by atoms with E-state index in [1.54, 1.807) is 0 Å². The molecular formula is C13H14ClF2NO2. The Morgan fingerprint density at radius 2 is 1.89 bits per heavy atom. The van der Waals surface area contributed by atoms with Crippen molar-refractivity contribution in [2.45, 2.75) is 19.4 Å². The maximum atomic E-state index is 13.1. The topological polar surface area (TPSA) is 40.5 Å². The Hall–Kier alpha value is -1.20. The van der Waals surface area contributed by atoms with Crippen LogP contribution in [0.3, 0.4) is 0 Å². The molecule has 0 bridgehead atoms. The molecule has 1 aliphatic heterocycles. The lowest BCUT2D eigenvalue weighted by molar-refractivity contribution is -0.110. The van der Waals surface area contributed by atoms with Crippen molar-refractivity contribution < 1.29 is 18.7 Å². The Labute approximate surface area is 114 Å². The zero-order valence-corrected chi connectivity index (χ0v) is 11.3. The van der Waals surface area contributed by atoms with Crippen LogP contribution in [0.25, 0.3) is 0 Å². The second-order valence-corrected chi connectivity index (χ2v) is 5.57. The molecule has 1 saturated heterocycles. The molecule has 1 aliphatic rings. The molecule has 0 aromatic heterocycles. The van der Waals surface area contributed by atoms with E-state index in [2.05, 4.69) is 0 Å². The molecule has 1 N–H and O–H groups in total. The second kappa shape index (κ2) is 4.72. The van der Waals surface area contributed by atoms with Crippen molar-refractivity contribution in [2.24, 2.45) is 5.92 Å². The largest absolute Gasteiger partial charge is 0.386 e. The van der Waals surface area contributed by atoms with Crippen molar-refractivity contribution in [3.63, 3.8) is 0 Å². The first-order valence-corrected chi connectivity index (χ1v) is 6.28. The van der Waals surface area contributed by atoms with Gasteiger partial charge in [-0.1, -0.05) is 25.4 Å². The molecule has 3 nitrogen and oxygen atoms in total. The van der Waals surface area contributed by atoms with Gasteiger partial charge in [-0.05, 0) is 18.1 Å². The van der Waals surface area contributed by atoms with Crippen LogP contribution in [0.2, 0.25) is 5.02 Å². The van der Waals surface area contributed by atoms with E-state index in [0.717, 1.165) is 12.1 Å². The smallest absolute Gasteiger partial charge is 0.255 e. The molecule has 0 unspecified atom stereocenters. The summed E-state index contributed by atoms with van der Waals surface area (Å²) in [5.74, 6) is -2.71. The number of amides is 1. The van der Waals surface area contributed by atoms with Crippen molar-refractivity contribution in [3.05, 3.63) is 34.4 Å². The number of benzene rings is 1. The maximum Gasteiger partial charge on any atom is 0.255 e. The molecule has 104 valence electrons. The van der Waals surface area contributed by atoms with Crippen LogP contribution < -0.4 is 0 Å². The van der Waals surface area contributed by atoms with E-state index in [1.807, 2.05) is 13.8 Å². The lowest BCUT2D eigenvalue weighted by atomic mass is 9.82. The number of β-amino-alcohol motifs (C(OH)–C–C–N with tert-alkyl or cyclic N) is 1. The molecule has 1 fully saturated rings. The van der Waals surface area contributed by atoms with Crippen molar-refractivity contribution in [1.29, 1.82) is 0 Å². The van der Waals surface area contributed by atoms with Gasteiger partial charge in [0.2, 0.25) is 0 Å². The lowest BCUT2D eigenvalue weighted by Crippen LogP contribution is -2.66. The molecule has 1 aromatic rings. The van der Waals surface area contributed by atoms with Gasteiger partial charge >= 0.3 is 0 Å². The summed E-state index contributed by atoms with van der Waals surface area (Å²) < 4.78 is 26.1. The minimum absolute atomic E-state index is 0.0111. The molecule has 6 heteroatoms. The monoisotopic (exact) mass is 289 g/mol. The first-order chi connectivity index (χ1) is 8.74. The van der Waals surface area contributed by atoms with Gasteiger partial charge in [0.1, 0.15) is 5.60 Å². The highest BCUT2D eigenvalue weighted by atomic mass is 35.5. The number of carbonyl (C=O) groups excluding carboxylic acids is 1. The summed E-state index contributed by atoms with van der Waals surface area (Å²) in [6, 6.07) is 1.56. The number of hydrogen-bond acceptors (Lipinski definition) is 2. The maximum absolute atomic E-state index is 13.1. The fraction of sp³-hybridized carbons (Fsp3) is 0.462. The zero-order valence-electron chi connectivity index (χ0n) is 10.6. The van der Waals surface area contributed by atoms with Gasteiger partial charge in [0.15, 0.2) is 11.6 Å². The average molecular weight is 290 g/mol. The molecule has 1 aromatic carbocycles. The van der Waals surface area contributed by atoms with Crippen molar-refractivity contribution in [3.8, 4) is 0 Å². The van der Waals surface area contributed by atoms with Crippen LogP contribution in [0, 0.1) is 17.6 Å². The highest BCUT2D eigenvalue weighted by Gasteiger charge is 2.46. The number of aliphatic hydroxyl groups is 1. The van der Waals surface area contributed by atoms with Crippen LogP contribution in [0.15, 0.2) is 12.1 Å². The zero-order chi connectivity index (χ0) is 14.4. The van der Waals surface area contributed by atoms with E-state index >= 15 is 0 Å². The summed E-state index contributed by atoms with van der Waals surface area (Å²) >= 11 is 5.74. The quantitative estimate of drug-likeness (QED) is 0.850. The Bertz CT molecular complexity index is 528. The molecule has 1 heterocycles. The van der Waals surface area contributed by atoms with Gasteiger partial charge < -0.3 is 10.0 Å². The number of hydrogen-bond donors (Lipinski definition) is 1. The Kier molecular flexibility index (Phi) is 3.53. The third-order valence-corrected chi connectivity index (χ3v) is 3.84. The lowest BCUT2D eigenvalue weighted by Gasteiger charge is -2.49. The van der Waals surface area contributed by atoms with Crippen molar-refractivity contribution in [1.82, 2.24) is 4.90 Å². The van der Waals surface area contributed by atoms with Crippen LogP contribution in [0.5, 0.6) is 0 Å². The first-order valence-electron chi connectivity index (χ1n) is 5.91. The van der Waals surface area contributed by atoms with Gasteiger partial charge in [0.25, 0.3) is 5.91 Å². The summed E-state index contributed by atoms with van der Waals surface area (Å²) in [5, 5.41) is 9.93. The summed E-state index contributed by atoms with van der Waals surface area (Å²) in [5.41, 5.74) is -1.01. The van der Waals surface area contributed by atoms with Crippen molar-refractivity contribution in [2.75, 3.05) is 13.1 Å². The number of nitrogens with zero attached hydrogens (tertiary/aromatic N) is 1. The summed E-state index contributed by atoms with van der Waals surface area (Å²) in [7, 11) is 0. The second-order valence-electron chi connectivity index (χ2n) is 5.17. The normalized spacial score (nSPS) is 17.5. The Morgan fingerprint density at radius 3 is 2.42 bits per heavy atom. The van der Waals surface area contributed by atoms with Crippen molar-refractivity contribution >= 4 is 17.5 Å². The molecule has 0 spiro atoms. The fourth-order valence-electron chi connectivity index (χ4n) is 1.98. The average Bonchev–Trinajstić information content (AvgIpc) is 2.28. The van der Waals surface area contributed by atoms with Crippen LogP contribution in [0.4, 0.5) is 8.78 Å². The van der Waals surface area contributed by atoms with E-state index in [9.17, 15) is 18.7 Å². The highest BCUT2D eigenvalue weighted by molar-refractivity contribution is 6.33. The third kappa shape index (κ3) is 2.44. The molecule has 19 heavy (non-hydrogen) atoms. The number of likely N-dealkylation sites (tertiary alicyclic amines) is 1. The molecule has 1 amide bonds. The van der Waals surface area contributed by atoms with E-state index < -0.39 is 23.1 Å². The SMILES string of the molecule is CC(C)C1(O)CN(C(=O)c2cc(F)c(F)cc2Cl)C1. The fourth-order valence-corrected chi connectivity index (χ4v) is 2.21. The molecule has 0 radical (unpaired) electrons. The first kappa shape index (κ1) is 14.2. The summed E-state index contributed by atoms with van der Waals surface area (Å²) in [4.78, 5) is 13.4. The predicted octanol–water partition coefficient (Wildman–Crippen LogP) is 2.46. The van der Waals surface area contributed by atoms with E-state index in [1.165, 1.54) is 4.90 Å². The van der Waals surface area contributed by atoms with Gasteiger partial charge in [-0.2, -0.15) is 0 Å². The molecule has 0 aliphatic carbocycles. The Balaban J connectivity index is 2.17. The highest BCUT2D eigenvalue weighted by Crippen LogP contribution is 2.31. The van der Waals surface area contributed by atoms with E-state index in [4.69, 9.17) is 11.6 Å². The van der Waals surface area contributed by atoms with Crippen LogP contribution >= 0.6 is 11.6 Å². The van der Waals surface area contributed by atoms with Crippen LogP contribution in [-0.2, 0) is 0 Å². The summed E-state index contributed by atoms with van der Waals surface area (Å²) in [6.45, 7) is 4.04. The van der Waals surface area contributed by atoms with E-state index in [0.29, 0.717) is 0 Å². The van der Waals surface area contributed by atoms with Crippen LogP contribution in [0.1, 0.15) is 24.2 Å². The summed E-state index contributed by atoms with van der Waals surface area (Å²) in [6.07, 6.45) is 0. The minimum atomic E-state index is -1.12. The van der Waals surface area contributed by atoms with Gasteiger partial charge in [-0.3, -0.25) is 4.79 Å².